The van der Waals surface area contributed by atoms with E-state index in [1.165, 1.54) is 18.2 Å². The molecule has 12 heteroatoms. The maximum Gasteiger partial charge on any atom is 0.167 e. The van der Waals surface area contributed by atoms with E-state index in [9.17, 15) is 15.3 Å². The number of aromatic nitrogens is 6. The number of fused-ring (bicyclic) bond motifs is 2. The van der Waals surface area contributed by atoms with E-state index in [0.717, 1.165) is 29.7 Å². The quantitative estimate of drug-likeness (QED) is 0.196. The minimum absolute atomic E-state index is 0.00283. The summed E-state index contributed by atoms with van der Waals surface area (Å²) in [5.74, 6) is 1.55. The van der Waals surface area contributed by atoms with Gasteiger partial charge < -0.3 is 30.8 Å². The van der Waals surface area contributed by atoms with Crippen LogP contribution in [0.3, 0.4) is 0 Å². The molecule has 1 saturated carbocycles. The van der Waals surface area contributed by atoms with E-state index in [1.54, 1.807) is 4.57 Å². The first-order valence-electron chi connectivity index (χ1n) is 14.8. The normalized spacial score (nSPS) is 28.4. The van der Waals surface area contributed by atoms with Crippen LogP contribution in [0, 0.1) is 5.92 Å². The van der Waals surface area contributed by atoms with Gasteiger partial charge in [-0.1, -0.05) is 26.8 Å². The van der Waals surface area contributed by atoms with Gasteiger partial charge in [0.1, 0.15) is 41.7 Å². The summed E-state index contributed by atoms with van der Waals surface area (Å²) >= 11 is 0. The monoisotopic (exact) mass is 578 g/mol. The number of hydrogen-bond donors (Lipinski definition) is 5. The van der Waals surface area contributed by atoms with Crippen LogP contribution in [-0.4, -0.2) is 86.3 Å². The zero-order chi connectivity index (χ0) is 30.0. The van der Waals surface area contributed by atoms with Crippen LogP contribution >= 0.6 is 0 Å². The molecule has 4 heterocycles. The second-order valence-electron chi connectivity index (χ2n) is 13.3. The van der Waals surface area contributed by atoms with Crippen molar-refractivity contribution >= 4 is 28.0 Å². The Balaban J connectivity index is 1.09. The summed E-state index contributed by atoms with van der Waals surface area (Å²) in [4.78, 5) is 22.7. The first kappa shape index (κ1) is 28.9. The number of anilines is 1. The van der Waals surface area contributed by atoms with Gasteiger partial charge in [-0.05, 0) is 62.1 Å². The van der Waals surface area contributed by atoms with Gasteiger partial charge in [0.25, 0.3) is 0 Å². The van der Waals surface area contributed by atoms with Crippen LogP contribution < -0.4 is 5.73 Å². The standard InChI is InChI=1S/C30H42N8O4/c1-16(2)38(13-21-24(39)25(40)28(42-21)37-15-34-23-26(31)32-14-33-27(23)37)30(41)11-17(12-30)6-9-22-35-19-8-7-18(29(3,4)5)10-20(19)36-22/h7-8,10,14-17,21,24-25,28,39-41H,6,9,11-13H2,1-5H3,(H,35,36)(H2,31,32,33)/t17?,21-,24-,25-,28-,30?/m1/s1. The zero-order valence-corrected chi connectivity index (χ0v) is 24.9. The summed E-state index contributed by atoms with van der Waals surface area (Å²) in [6, 6.07) is 6.41. The van der Waals surface area contributed by atoms with Crippen LogP contribution in [0.2, 0.25) is 0 Å². The van der Waals surface area contributed by atoms with Gasteiger partial charge in [-0.25, -0.2) is 19.9 Å². The summed E-state index contributed by atoms with van der Waals surface area (Å²) in [5, 5.41) is 33.5. The van der Waals surface area contributed by atoms with Gasteiger partial charge in [-0.3, -0.25) is 9.47 Å². The van der Waals surface area contributed by atoms with Gasteiger partial charge in [0.15, 0.2) is 17.7 Å². The highest BCUT2D eigenvalue weighted by molar-refractivity contribution is 5.81. The van der Waals surface area contributed by atoms with E-state index < -0.39 is 30.3 Å². The number of H-pyrrole nitrogens is 1. The number of nitrogens with two attached hydrogens (primary N) is 1. The molecule has 2 fully saturated rings. The number of benzene rings is 1. The van der Waals surface area contributed by atoms with Gasteiger partial charge in [-0.2, -0.15) is 0 Å². The van der Waals surface area contributed by atoms with Crippen molar-refractivity contribution in [2.45, 2.75) is 102 Å². The maximum absolute atomic E-state index is 11.6. The Morgan fingerprint density at radius 3 is 2.64 bits per heavy atom. The molecule has 4 atom stereocenters. The minimum Gasteiger partial charge on any atom is -0.387 e. The van der Waals surface area contributed by atoms with Crippen molar-refractivity contribution in [2.75, 3.05) is 12.3 Å². The second-order valence-corrected chi connectivity index (χ2v) is 13.3. The van der Waals surface area contributed by atoms with Crippen molar-refractivity contribution in [2.24, 2.45) is 5.92 Å². The van der Waals surface area contributed by atoms with Crippen molar-refractivity contribution in [3.05, 3.63) is 42.2 Å². The molecule has 0 spiro atoms. The number of rotatable bonds is 8. The molecule has 0 amide bonds. The summed E-state index contributed by atoms with van der Waals surface area (Å²) in [7, 11) is 0. The average Bonchev–Trinajstić information content (AvgIpc) is 3.60. The number of aliphatic hydroxyl groups is 3. The number of imidazole rings is 2. The summed E-state index contributed by atoms with van der Waals surface area (Å²) in [5.41, 5.74) is 9.11. The third kappa shape index (κ3) is 5.15. The SMILES string of the molecule is CC(C)N(C[C@H]1O[C@@H](n2cnc3c(N)ncnc32)[C@H](O)[C@@H]1O)C1(O)CC(CCc2nc3ccc(C(C)(C)C)cc3[nH]2)C1. The van der Waals surface area contributed by atoms with Gasteiger partial charge in [0, 0.05) is 19.0 Å². The Bertz CT molecular complexity index is 1570. The Morgan fingerprint density at radius 1 is 1.17 bits per heavy atom. The van der Waals surface area contributed by atoms with E-state index in [4.69, 9.17) is 15.5 Å². The van der Waals surface area contributed by atoms with E-state index >= 15 is 0 Å². The number of aryl methyl sites for hydroxylation is 1. The summed E-state index contributed by atoms with van der Waals surface area (Å²) in [6.07, 6.45) is 1.80. The van der Waals surface area contributed by atoms with Crippen molar-refractivity contribution in [1.29, 1.82) is 0 Å². The topological polar surface area (TPSA) is 171 Å². The molecule has 0 radical (unpaired) electrons. The van der Waals surface area contributed by atoms with Crippen LogP contribution in [0.1, 0.15) is 71.5 Å². The molecule has 0 unspecified atom stereocenters. The molecule has 226 valence electrons. The molecular weight excluding hydrogens is 536 g/mol. The van der Waals surface area contributed by atoms with Crippen LogP contribution in [0.15, 0.2) is 30.9 Å². The van der Waals surface area contributed by atoms with Crippen molar-refractivity contribution < 1.29 is 20.1 Å². The average molecular weight is 579 g/mol. The fourth-order valence-corrected chi connectivity index (χ4v) is 6.51. The Morgan fingerprint density at radius 2 is 1.93 bits per heavy atom. The first-order chi connectivity index (χ1) is 19.8. The van der Waals surface area contributed by atoms with Gasteiger partial charge in [0.05, 0.1) is 17.4 Å². The molecule has 6 N–H and O–H groups in total. The molecular formula is C30H42N8O4. The third-order valence-corrected chi connectivity index (χ3v) is 8.95. The second kappa shape index (κ2) is 10.5. The molecule has 1 aromatic carbocycles. The number of nitrogens with one attached hydrogen (secondary N) is 1. The minimum atomic E-state index is -1.20. The number of hydrogen-bond acceptors (Lipinski definition) is 10. The first-order valence-corrected chi connectivity index (χ1v) is 14.8. The van der Waals surface area contributed by atoms with Crippen LogP contribution in [0.4, 0.5) is 5.82 Å². The molecule has 2 aliphatic rings. The van der Waals surface area contributed by atoms with E-state index in [0.29, 0.717) is 29.9 Å². The molecule has 4 aromatic rings. The fraction of sp³-hybridized carbons (Fsp3) is 0.600. The van der Waals surface area contributed by atoms with Crippen LogP contribution in [0.5, 0.6) is 0 Å². The molecule has 0 bridgehead atoms. The predicted octanol–water partition coefficient (Wildman–Crippen LogP) is 2.64. The highest BCUT2D eigenvalue weighted by atomic mass is 16.6. The van der Waals surface area contributed by atoms with Gasteiger partial charge in [0.2, 0.25) is 0 Å². The number of ether oxygens (including phenoxy) is 1. The molecule has 1 aliphatic carbocycles. The molecule has 42 heavy (non-hydrogen) atoms. The zero-order valence-electron chi connectivity index (χ0n) is 24.9. The van der Waals surface area contributed by atoms with Gasteiger partial charge >= 0.3 is 0 Å². The molecule has 1 aliphatic heterocycles. The van der Waals surface area contributed by atoms with Crippen LogP contribution in [-0.2, 0) is 16.6 Å². The smallest absolute Gasteiger partial charge is 0.167 e. The van der Waals surface area contributed by atoms with Crippen molar-refractivity contribution in [3.63, 3.8) is 0 Å². The number of aromatic amines is 1. The summed E-state index contributed by atoms with van der Waals surface area (Å²) < 4.78 is 7.74. The summed E-state index contributed by atoms with van der Waals surface area (Å²) in [6.45, 7) is 10.9. The van der Waals surface area contributed by atoms with Crippen molar-refractivity contribution in [3.8, 4) is 0 Å². The molecule has 6 rings (SSSR count). The lowest BCUT2D eigenvalue weighted by atomic mass is 9.72. The number of nitrogen functional groups attached to an aromatic ring is 1. The highest BCUT2D eigenvalue weighted by Gasteiger charge is 2.51. The van der Waals surface area contributed by atoms with Crippen molar-refractivity contribution in [1.82, 2.24) is 34.4 Å². The Labute approximate surface area is 245 Å². The molecule has 12 nitrogen and oxygen atoms in total. The van der Waals surface area contributed by atoms with E-state index in [-0.39, 0.29) is 23.8 Å². The lowest BCUT2D eigenvalue weighted by Gasteiger charge is -2.53. The number of aliphatic hydroxyl groups excluding tert-OH is 2. The largest absolute Gasteiger partial charge is 0.387 e. The molecule has 3 aromatic heterocycles. The Kier molecular flexibility index (Phi) is 7.25. The van der Waals surface area contributed by atoms with E-state index in [1.807, 2.05) is 18.7 Å². The lowest BCUT2D eigenvalue weighted by molar-refractivity contribution is -0.212. The van der Waals surface area contributed by atoms with E-state index in [2.05, 4.69) is 58.9 Å². The van der Waals surface area contributed by atoms with Crippen LogP contribution in [0.25, 0.3) is 22.2 Å². The highest BCUT2D eigenvalue weighted by Crippen LogP contribution is 2.44. The van der Waals surface area contributed by atoms with Gasteiger partial charge in [-0.15, -0.1) is 0 Å². The third-order valence-electron chi connectivity index (χ3n) is 8.95. The lowest BCUT2D eigenvalue weighted by Crippen LogP contribution is -2.62. The maximum atomic E-state index is 11.6. The molecule has 1 saturated heterocycles. The number of nitrogens with zero attached hydrogens (tertiary/aromatic N) is 6. The fourth-order valence-electron chi connectivity index (χ4n) is 6.51. The predicted molar refractivity (Wildman–Crippen MR) is 158 cm³/mol. The Hall–Kier alpha value is -3.16.